The molecule has 7 heteroatoms. The SMILES string of the molecule is CNCc1sc(-c2cc(C)c(Br)c(C)c2)nc1C(F)(F)F. The average Bonchev–Trinajstić information content (AvgIpc) is 2.80. The van der Waals surface area contributed by atoms with Crippen LogP contribution in [0.1, 0.15) is 21.7 Å². The summed E-state index contributed by atoms with van der Waals surface area (Å²) in [6.07, 6.45) is -4.43. The number of rotatable bonds is 3. The van der Waals surface area contributed by atoms with E-state index in [0.717, 1.165) is 26.9 Å². The molecule has 114 valence electrons. The molecule has 0 bridgehead atoms. The van der Waals surface area contributed by atoms with Gasteiger partial charge in [0.05, 0.1) is 4.88 Å². The standard InChI is InChI=1S/C14H14BrF3N2S/c1-7-4-9(5-8(2)11(7)15)13-20-12(14(16,17)18)10(21-13)6-19-3/h4-5,19H,6H2,1-3H3. The predicted molar refractivity (Wildman–Crippen MR) is 82.5 cm³/mol. The molecular weight excluding hydrogens is 365 g/mol. The highest BCUT2D eigenvalue weighted by atomic mass is 79.9. The van der Waals surface area contributed by atoms with Crippen LogP contribution in [0.3, 0.4) is 0 Å². The first kappa shape index (κ1) is 16.5. The van der Waals surface area contributed by atoms with Gasteiger partial charge < -0.3 is 5.32 Å². The van der Waals surface area contributed by atoms with Crippen molar-refractivity contribution in [1.29, 1.82) is 0 Å². The number of aryl methyl sites for hydroxylation is 2. The number of thiazole rings is 1. The van der Waals surface area contributed by atoms with Crippen LogP contribution in [0.5, 0.6) is 0 Å². The summed E-state index contributed by atoms with van der Waals surface area (Å²) in [6, 6.07) is 3.69. The fourth-order valence-electron chi connectivity index (χ4n) is 2.05. The van der Waals surface area contributed by atoms with Crippen molar-refractivity contribution >= 4 is 27.3 Å². The Morgan fingerprint density at radius 3 is 2.29 bits per heavy atom. The van der Waals surface area contributed by atoms with Gasteiger partial charge in [0.1, 0.15) is 5.01 Å². The maximum absolute atomic E-state index is 13.0. The Balaban J connectivity index is 2.55. The molecule has 0 aliphatic heterocycles. The lowest BCUT2D eigenvalue weighted by molar-refractivity contribution is -0.141. The molecule has 1 heterocycles. The summed E-state index contributed by atoms with van der Waals surface area (Å²) in [4.78, 5) is 4.03. The molecule has 2 nitrogen and oxygen atoms in total. The van der Waals surface area contributed by atoms with Crippen LogP contribution < -0.4 is 5.32 Å². The van der Waals surface area contributed by atoms with Gasteiger partial charge in [-0.15, -0.1) is 11.3 Å². The third-order valence-electron chi connectivity index (χ3n) is 2.99. The summed E-state index contributed by atoms with van der Waals surface area (Å²) in [7, 11) is 1.62. The van der Waals surface area contributed by atoms with Crippen molar-refractivity contribution in [2.24, 2.45) is 0 Å². The molecule has 0 spiro atoms. The number of alkyl halides is 3. The molecule has 0 radical (unpaired) electrons. The van der Waals surface area contributed by atoms with Gasteiger partial charge in [0.25, 0.3) is 0 Å². The molecular formula is C14H14BrF3N2S. The van der Waals surface area contributed by atoms with Crippen LogP contribution in [0.4, 0.5) is 13.2 Å². The van der Waals surface area contributed by atoms with Gasteiger partial charge in [0.15, 0.2) is 5.69 Å². The number of nitrogens with one attached hydrogen (secondary N) is 1. The lowest BCUT2D eigenvalue weighted by atomic mass is 10.1. The Morgan fingerprint density at radius 1 is 1.24 bits per heavy atom. The summed E-state index contributed by atoms with van der Waals surface area (Å²) >= 11 is 4.53. The molecule has 1 N–H and O–H groups in total. The molecule has 0 unspecified atom stereocenters. The summed E-state index contributed by atoms with van der Waals surface area (Å²) in [6.45, 7) is 3.97. The fourth-order valence-corrected chi connectivity index (χ4v) is 3.36. The van der Waals surface area contributed by atoms with Crippen molar-refractivity contribution < 1.29 is 13.2 Å². The second-order valence-electron chi connectivity index (χ2n) is 4.74. The zero-order valence-corrected chi connectivity index (χ0v) is 14.1. The third-order valence-corrected chi connectivity index (χ3v) is 5.34. The molecule has 1 aromatic heterocycles. The van der Waals surface area contributed by atoms with Gasteiger partial charge in [-0.05, 0) is 44.2 Å². The molecule has 0 saturated heterocycles. The van der Waals surface area contributed by atoms with E-state index >= 15 is 0 Å². The van der Waals surface area contributed by atoms with Gasteiger partial charge in [-0.2, -0.15) is 13.2 Å². The van der Waals surface area contributed by atoms with Gasteiger partial charge in [-0.1, -0.05) is 15.9 Å². The van der Waals surface area contributed by atoms with Gasteiger partial charge in [0, 0.05) is 16.6 Å². The van der Waals surface area contributed by atoms with Crippen molar-refractivity contribution in [3.8, 4) is 10.6 Å². The van der Waals surface area contributed by atoms with E-state index in [-0.39, 0.29) is 11.4 Å². The molecule has 2 rings (SSSR count). The van der Waals surface area contributed by atoms with Crippen LogP contribution in [0.15, 0.2) is 16.6 Å². The van der Waals surface area contributed by atoms with Crippen LogP contribution >= 0.6 is 27.3 Å². The molecule has 0 atom stereocenters. The maximum atomic E-state index is 13.0. The van der Waals surface area contributed by atoms with Crippen LogP contribution in [-0.4, -0.2) is 12.0 Å². The first-order valence-electron chi connectivity index (χ1n) is 6.22. The largest absolute Gasteiger partial charge is 0.434 e. The zero-order valence-electron chi connectivity index (χ0n) is 11.7. The molecule has 0 saturated carbocycles. The van der Waals surface area contributed by atoms with Crippen molar-refractivity contribution in [3.05, 3.63) is 38.3 Å². The maximum Gasteiger partial charge on any atom is 0.434 e. The van der Waals surface area contributed by atoms with Crippen molar-refractivity contribution in [2.45, 2.75) is 26.6 Å². The number of aromatic nitrogens is 1. The van der Waals surface area contributed by atoms with E-state index in [9.17, 15) is 13.2 Å². The zero-order chi connectivity index (χ0) is 15.8. The average molecular weight is 379 g/mol. The highest BCUT2D eigenvalue weighted by Crippen LogP contribution is 2.38. The smallest absolute Gasteiger partial charge is 0.315 e. The van der Waals surface area contributed by atoms with Gasteiger partial charge >= 0.3 is 6.18 Å². The first-order chi connectivity index (χ1) is 9.74. The number of hydrogen-bond acceptors (Lipinski definition) is 3. The Hall–Kier alpha value is -0.920. The number of hydrogen-bond donors (Lipinski definition) is 1. The minimum Gasteiger partial charge on any atom is -0.315 e. The molecule has 0 aliphatic rings. The summed E-state index contributed by atoms with van der Waals surface area (Å²) < 4.78 is 40.1. The van der Waals surface area contributed by atoms with E-state index in [1.165, 1.54) is 0 Å². The van der Waals surface area contributed by atoms with Crippen molar-refractivity contribution in [3.63, 3.8) is 0 Å². The monoisotopic (exact) mass is 378 g/mol. The second-order valence-corrected chi connectivity index (χ2v) is 6.62. The summed E-state index contributed by atoms with van der Waals surface area (Å²) in [5.41, 5.74) is 1.87. The van der Waals surface area contributed by atoms with E-state index in [0.29, 0.717) is 10.6 Å². The lowest BCUT2D eigenvalue weighted by Crippen LogP contribution is -2.12. The van der Waals surface area contributed by atoms with E-state index in [1.807, 2.05) is 26.0 Å². The van der Waals surface area contributed by atoms with Crippen LogP contribution in [0.2, 0.25) is 0 Å². The van der Waals surface area contributed by atoms with E-state index in [4.69, 9.17) is 0 Å². The van der Waals surface area contributed by atoms with Crippen LogP contribution in [-0.2, 0) is 12.7 Å². The number of nitrogens with zero attached hydrogens (tertiary/aromatic N) is 1. The molecule has 0 amide bonds. The Kier molecular flexibility index (Phi) is 4.75. The Labute approximate surface area is 133 Å². The summed E-state index contributed by atoms with van der Waals surface area (Å²) in [5.74, 6) is 0. The fraction of sp³-hybridized carbons (Fsp3) is 0.357. The molecule has 1 aromatic carbocycles. The molecule has 0 aliphatic carbocycles. The number of benzene rings is 1. The lowest BCUT2D eigenvalue weighted by Gasteiger charge is -2.06. The normalized spacial score (nSPS) is 12.0. The minimum absolute atomic E-state index is 0.154. The topological polar surface area (TPSA) is 24.9 Å². The molecule has 0 fully saturated rings. The van der Waals surface area contributed by atoms with E-state index < -0.39 is 11.9 Å². The van der Waals surface area contributed by atoms with Crippen LogP contribution in [0.25, 0.3) is 10.6 Å². The number of halogens is 4. The quantitative estimate of drug-likeness (QED) is 0.818. The van der Waals surface area contributed by atoms with Gasteiger partial charge in [-0.3, -0.25) is 0 Å². The van der Waals surface area contributed by atoms with Crippen molar-refractivity contribution in [2.75, 3.05) is 7.05 Å². The van der Waals surface area contributed by atoms with Crippen molar-refractivity contribution in [1.82, 2.24) is 10.3 Å². The second kappa shape index (κ2) is 6.06. The van der Waals surface area contributed by atoms with Crippen LogP contribution in [0, 0.1) is 13.8 Å². The third kappa shape index (κ3) is 3.46. The van der Waals surface area contributed by atoms with Gasteiger partial charge in [0.2, 0.25) is 0 Å². The first-order valence-corrected chi connectivity index (χ1v) is 7.83. The van der Waals surface area contributed by atoms with Gasteiger partial charge in [-0.25, -0.2) is 4.98 Å². The minimum atomic E-state index is -4.43. The highest BCUT2D eigenvalue weighted by molar-refractivity contribution is 9.10. The predicted octanol–water partition coefficient (Wildman–Crippen LogP) is 4.93. The molecule has 2 aromatic rings. The van der Waals surface area contributed by atoms with E-state index in [1.54, 1.807) is 7.05 Å². The Morgan fingerprint density at radius 2 is 1.81 bits per heavy atom. The summed E-state index contributed by atoms with van der Waals surface area (Å²) in [5, 5.41) is 3.15. The Bertz CT molecular complexity index is 642. The van der Waals surface area contributed by atoms with E-state index in [2.05, 4.69) is 26.2 Å². The molecule has 21 heavy (non-hydrogen) atoms. The highest BCUT2D eigenvalue weighted by Gasteiger charge is 2.37.